The molecule has 0 aliphatic rings. The van der Waals surface area contributed by atoms with Gasteiger partial charge in [0.05, 0.1) is 10.9 Å². The minimum Gasteiger partial charge on any atom is -0.291 e. The molecule has 0 bridgehead atoms. The summed E-state index contributed by atoms with van der Waals surface area (Å²) in [4.78, 5) is 12.3. The summed E-state index contributed by atoms with van der Waals surface area (Å²) in [7, 11) is 0. The molecule has 0 aromatic carbocycles. The van der Waals surface area contributed by atoms with Gasteiger partial charge in [-0.2, -0.15) is 5.26 Å². The molecule has 0 fully saturated rings. The Morgan fingerprint density at radius 1 is 1.69 bits per heavy atom. The van der Waals surface area contributed by atoms with Crippen molar-refractivity contribution in [3.05, 3.63) is 20.8 Å². The average molecular weight is 258 g/mol. The van der Waals surface area contributed by atoms with E-state index in [0.29, 0.717) is 4.88 Å². The lowest BCUT2D eigenvalue weighted by molar-refractivity contribution is 0.0896. The largest absolute Gasteiger partial charge is 0.291 e. The molecule has 0 saturated carbocycles. The van der Waals surface area contributed by atoms with Crippen LogP contribution in [0.5, 0.6) is 0 Å². The van der Waals surface area contributed by atoms with Crippen molar-refractivity contribution >= 4 is 33.0 Å². The third kappa shape index (κ3) is 2.17. The van der Waals surface area contributed by atoms with Gasteiger partial charge in [0.2, 0.25) is 0 Å². The molecule has 13 heavy (non-hydrogen) atoms. The third-order valence-electron chi connectivity index (χ3n) is 1.64. The molecule has 0 N–H and O–H groups in total. The first-order valence-corrected chi connectivity index (χ1v) is 5.35. The fraction of sp³-hybridized carbons (Fsp3) is 0.333. The molecule has 2 nitrogen and oxygen atoms in total. The summed E-state index contributed by atoms with van der Waals surface area (Å²) in [5.41, 5.74) is -0.926. The molecular formula is C9H8BrNOS. The summed E-state index contributed by atoms with van der Waals surface area (Å²) >= 11 is 4.62. The number of thiophene rings is 1. The molecule has 0 aliphatic heterocycles. The number of carbonyl (C=O) groups is 1. The van der Waals surface area contributed by atoms with E-state index in [0.717, 1.165) is 4.47 Å². The molecule has 1 aromatic rings. The van der Waals surface area contributed by atoms with Gasteiger partial charge in [-0.25, -0.2) is 0 Å². The summed E-state index contributed by atoms with van der Waals surface area (Å²) < 4.78 is 0.884. The Hall–Kier alpha value is -0.660. The van der Waals surface area contributed by atoms with Crippen molar-refractivity contribution in [2.75, 3.05) is 0 Å². The Bertz CT molecular complexity index is 375. The molecular weight excluding hydrogens is 250 g/mol. The number of halogens is 1. The molecule has 1 rings (SSSR count). The van der Waals surface area contributed by atoms with Gasteiger partial charge in [-0.3, -0.25) is 4.79 Å². The number of Topliss-reactive ketones (excluding diaryl/α,β-unsaturated/α-hetero) is 1. The molecule has 68 valence electrons. The summed E-state index contributed by atoms with van der Waals surface area (Å²) in [6, 6.07) is 3.73. The predicted octanol–water partition coefficient (Wildman–Crippen LogP) is 3.24. The maximum absolute atomic E-state index is 11.7. The molecule has 0 radical (unpaired) electrons. The highest BCUT2D eigenvalue weighted by Gasteiger charge is 2.29. The number of carbonyl (C=O) groups excluding carboxylic acids is 1. The van der Waals surface area contributed by atoms with E-state index in [1.807, 2.05) is 11.4 Å². The first-order chi connectivity index (χ1) is 5.97. The van der Waals surface area contributed by atoms with E-state index in [9.17, 15) is 4.79 Å². The molecule has 0 unspecified atom stereocenters. The summed E-state index contributed by atoms with van der Waals surface area (Å²) in [5.74, 6) is -0.120. The van der Waals surface area contributed by atoms with Crippen LogP contribution in [0.15, 0.2) is 15.9 Å². The lowest BCUT2D eigenvalue weighted by Crippen LogP contribution is -2.21. The van der Waals surface area contributed by atoms with Gasteiger partial charge in [0, 0.05) is 9.85 Å². The molecule has 0 atom stereocenters. The first-order valence-electron chi connectivity index (χ1n) is 3.67. The van der Waals surface area contributed by atoms with Gasteiger partial charge in [-0.05, 0) is 35.8 Å². The minimum atomic E-state index is -0.926. The zero-order valence-corrected chi connectivity index (χ0v) is 9.70. The van der Waals surface area contributed by atoms with Crippen molar-refractivity contribution in [2.24, 2.45) is 5.41 Å². The second-order valence-corrected chi connectivity index (χ2v) is 5.02. The highest BCUT2D eigenvalue weighted by molar-refractivity contribution is 9.10. The van der Waals surface area contributed by atoms with Crippen LogP contribution in [-0.2, 0) is 0 Å². The van der Waals surface area contributed by atoms with Gasteiger partial charge in [0.1, 0.15) is 5.41 Å². The molecule has 0 amide bonds. The Morgan fingerprint density at radius 3 is 2.69 bits per heavy atom. The van der Waals surface area contributed by atoms with E-state index in [1.165, 1.54) is 11.3 Å². The number of rotatable bonds is 2. The normalized spacial score (nSPS) is 10.9. The molecule has 1 aromatic heterocycles. The lowest BCUT2D eigenvalue weighted by Gasteiger charge is -2.10. The Kier molecular flexibility index (Phi) is 2.89. The summed E-state index contributed by atoms with van der Waals surface area (Å²) in [5, 5.41) is 10.6. The topological polar surface area (TPSA) is 40.9 Å². The number of ketones is 1. The lowest BCUT2D eigenvalue weighted by atomic mass is 9.89. The van der Waals surface area contributed by atoms with Crippen molar-refractivity contribution in [1.82, 2.24) is 0 Å². The van der Waals surface area contributed by atoms with E-state index in [-0.39, 0.29) is 5.78 Å². The van der Waals surface area contributed by atoms with Crippen molar-refractivity contribution in [2.45, 2.75) is 13.8 Å². The average Bonchev–Trinajstić information content (AvgIpc) is 2.50. The van der Waals surface area contributed by atoms with Crippen LogP contribution in [0.25, 0.3) is 0 Å². The van der Waals surface area contributed by atoms with Gasteiger partial charge in [0.25, 0.3) is 0 Å². The summed E-state index contributed by atoms with van der Waals surface area (Å²) in [6.45, 7) is 3.26. The fourth-order valence-corrected chi connectivity index (χ4v) is 2.32. The van der Waals surface area contributed by atoms with E-state index in [4.69, 9.17) is 5.26 Å². The minimum absolute atomic E-state index is 0.120. The van der Waals surface area contributed by atoms with Crippen LogP contribution < -0.4 is 0 Å². The van der Waals surface area contributed by atoms with Crippen LogP contribution in [0.3, 0.4) is 0 Å². The van der Waals surface area contributed by atoms with E-state index in [2.05, 4.69) is 15.9 Å². The summed E-state index contributed by atoms with van der Waals surface area (Å²) in [6.07, 6.45) is 0. The highest BCUT2D eigenvalue weighted by Crippen LogP contribution is 2.27. The quantitative estimate of drug-likeness (QED) is 0.764. The van der Waals surface area contributed by atoms with Crippen LogP contribution in [-0.4, -0.2) is 5.78 Å². The van der Waals surface area contributed by atoms with Crippen LogP contribution in [0.2, 0.25) is 0 Å². The van der Waals surface area contributed by atoms with Crippen molar-refractivity contribution in [3.63, 3.8) is 0 Å². The van der Waals surface area contributed by atoms with E-state index in [1.54, 1.807) is 19.9 Å². The SMILES string of the molecule is CC(C)(C#N)C(=O)c1cc(Br)cs1. The van der Waals surface area contributed by atoms with Crippen LogP contribution in [0.4, 0.5) is 0 Å². The number of hydrogen-bond acceptors (Lipinski definition) is 3. The molecule has 0 aliphatic carbocycles. The molecule has 0 saturated heterocycles. The zero-order valence-electron chi connectivity index (χ0n) is 7.30. The van der Waals surface area contributed by atoms with Crippen LogP contribution in [0, 0.1) is 16.7 Å². The maximum Gasteiger partial charge on any atom is 0.192 e. The Labute approximate surface area is 89.3 Å². The van der Waals surface area contributed by atoms with Crippen molar-refractivity contribution in [1.29, 1.82) is 5.26 Å². The van der Waals surface area contributed by atoms with E-state index >= 15 is 0 Å². The molecule has 4 heteroatoms. The first kappa shape index (κ1) is 10.4. The Morgan fingerprint density at radius 2 is 2.31 bits per heavy atom. The third-order valence-corrected chi connectivity index (χ3v) is 3.33. The monoisotopic (exact) mass is 257 g/mol. The second-order valence-electron chi connectivity index (χ2n) is 3.20. The standard InChI is InChI=1S/C9H8BrNOS/c1-9(2,5-11)8(12)7-3-6(10)4-13-7/h3-4H,1-2H3. The molecule has 1 heterocycles. The van der Waals surface area contributed by atoms with Gasteiger partial charge >= 0.3 is 0 Å². The van der Waals surface area contributed by atoms with E-state index < -0.39 is 5.41 Å². The number of nitriles is 1. The van der Waals surface area contributed by atoms with Crippen LogP contribution in [0.1, 0.15) is 23.5 Å². The maximum atomic E-state index is 11.7. The number of nitrogens with zero attached hydrogens (tertiary/aromatic N) is 1. The number of hydrogen-bond donors (Lipinski definition) is 0. The zero-order chi connectivity index (χ0) is 10.1. The second kappa shape index (κ2) is 3.60. The van der Waals surface area contributed by atoms with Gasteiger partial charge in [-0.15, -0.1) is 11.3 Å². The van der Waals surface area contributed by atoms with Crippen molar-refractivity contribution in [3.8, 4) is 6.07 Å². The molecule has 0 spiro atoms. The smallest absolute Gasteiger partial charge is 0.192 e. The fourth-order valence-electron chi connectivity index (χ4n) is 0.791. The van der Waals surface area contributed by atoms with Gasteiger partial charge in [-0.1, -0.05) is 0 Å². The predicted molar refractivity (Wildman–Crippen MR) is 55.7 cm³/mol. The Balaban J connectivity index is 3.00. The van der Waals surface area contributed by atoms with Crippen molar-refractivity contribution < 1.29 is 4.79 Å². The highest BCUT2D eigenvalue weighted by atomic mass is 79.9. The van der Waals surface area contributed by atoms with Gasteiger partial charge < -0.3 is 0 Å². The van der Waals surface area contributed by atoms with Crippen LogP contribution >= 0.6 is 27.3 Å². The van der Waals surface area contributed by atoms with Gasteiger partial charge in [0.15, 0.2) is 5.78 Å².